The highest BCUT2D eigenvalue weighted by atomic mass is 16.3. The van der Waals surface area contributed by atoms with Gasteiger partial charge in [0, 0.05) is 0 Å². The lowest BCUT2D eigenvalue weighted by Gasteiger charge is -2.03. The molecular formula is C16H20O3. The highest BCUT2D eigenvalue weighted by Crippen LogP contribution is 2.23. The average molecular weight is 260 g/mol. The predicted octanol–water partition coefficient (Wildman–Crippen LogP) is 3.97. The van der Waals surface area contributed by atoms with Crippen molar-refractivity contribution < 1.29 is 15.0 Å². The minimum Gasteiger partial charge on any atom is -0.508 e. The Kier molecular flexibility index (Phi) is 5.37. The minimum atomic E-state index is -0.289. The van der Waals surface area contributed by atoms with E-state index in [2.05, 4.69) is 6.08 Å². The van der Waals surface area contributed by atoms with Crippen LogP contribution in [0.25, 0.3) is 0 Å². The molecule has 102 valence electrons. The van der Waals surface area contributed by atoms with Crippen molar-refractivity contribution in [2.24, 2.45) is 0 Å². The molecule has 0 heterocycles. The topological polar surface area (TPSA) is 57.5 Å². The fraction of sp³-hybridized carbons (Fsp3) is 0.312. The van der Waals surface area contributed by atoms with Crippen molar-refractivity contribution in [2.75, 3.05) is 0 Å². The first kappa shape index (κ1) is 15.0. The summed E-state index contributed by atoms with van der Waals surface area (Å²) in [5, 5.41) is 18.9. The first-order valence-electron chi connectivity index (χ1n) is 6.27. The number of ketones is 1. The number of hydrogen-bond acceptors (Lipinski definition) is 3. The Balaban J connectivity index is 2.77. The molecule has 0 saturated heterocycles. The molecular weight excluding hydrogens is 240 g/mol. The number of rotatable bonds is 5. The number of allylic oxidation sites excluding steroid dienone is 4. The second-order valence-electron chi connectivity index (χ2n) is 4.88. The molecule has 0 atom stereocenters. The third-order valence-corrected chi connectivity index (χ3v) is 2.71. The van der Waals surface area contributed by atoms with Gasteiger partial charge >= 0.3 is 0 Å². The number of phenolic OH excluding ortho intramolecular Hbond substituents is 2. The number of carbonyl (C=O) groups is 1. The monoisotopic (exact) mass is 260 g/mol. The van der Waals surface area contributed by atoms with Gasteiger partial charge in [0.2, 0.25) is 0 Å². The quantitative estimate of drug-likeness (QED) is 0.364. The molecule has 0 radical (unpaired) electrons. The van der Waals surface area contributed by atoms with Gasteiger partial charge in [-0.3, -0.25) is 4.79 Å². The summed E-state index contributed by atoms with van der Waals surface area (Å²) in [5.74, 6) is -0.434. The summed E-state index contributed by atoms with van der Waals surface area (Å²) >= 11 is 0. The van der Waals surface area contributed by atoms with Crippen LogP contribution in [0, 0.1) is 0 Å². The molecule has 19 heavy (non-hydrogen) atoms. The standard InChI is InChI=1S/C16H20O3/c1-11(2)5-4-6-12(3)9-16(19)14-10-13(17)7-8-15(14)18/h5,7-10,17-18H,4,6H2,1-3H3/b12-9-. The van der Waals surface area contributed by atoms with Crippen LogP contribution in [0.5, 0.6) is 11.5 Å². The largest absolute Gasteiger partial charge is 0.508 e. The summed E-state index contributed by atoms with van der Waals surface area (Å²) < 4.78 is 0. The maximum Gasteiger partial charge on any atom is 0.189 e. The van der Waals surface area contributed by atoms with Gasteiger partial charge in [0.25, 0.3) is 0 Å². The van der Waals surface area contributed by atoms with E-state index in [1.807, 2.05) is 20.8 Å². The first-order chi connectivity index (χ1) is 8.90. The van der Waals surface area contributed by atoms with Crippen LogP contribution in [0.2, 0.25) is 0 Å². The van der Waals surface area contributed by atoms with E-state index >= 15 is 0 Å². The molecule has 0 fully saturated rings. The summed E-state index contributed by atoms with van der Waals surface area (Å²) in [5.41, 5.74) is 2.33. The molecule has 0 amide bonds. The Morgan fingerprint density at radius 1 is 1.21 bits per heavy atom. The lowest BCUT2D eigenvalue weighted by atomic mass is 10.0. The zero-order valence-corrected chi connectivity index (χ0v) is 11.6. The van der Waals surface area contributed by atoms with Gasteiger partial charge in [-0.15, -0.1) is 0 Å². The van der Waals surface area contributed by atoms with Gasteiger partial charge in [0.1, 0.15) is 11.5 Å². The van der Waals surface area contributed by atoms with Gasteiger partial charge in [-0.1, -0.05) is 17.2 Å². The van der Waals surface area contributed by atoms with Gasteiger partial charge in [-0.25, -0.2) is 0 Å². The zero-order valence-electron chi connectivity index (χ0n) is 11.6. The van der Waals surface area contributed by atoms with Crippen molar-refractivity contribution in [3.63, 3.8) is 0 Å². The SMILES string of the molecule is CC(C)=CCC/C(C)=C\C(=O)c1cc(O)ccc1O. The molecule has 0 aliphatic rings. The number of phenols is 2. The Labute approximate surface area is 113 Å². The van der Waals surface area contributed by atoms with E-state index in [1.165, 1.54) is 29.8 Å². The second-order valence-corrected chi connectivity index (χ2v) is 4.88. The number of carbonyl (C=O) groups excluding carboxylic acids is 1. The summed E-state index contributed by atoms with van der Waals surface area (Å²) in [6.07, 6.45) is 5.32. The molecule has 0 aromatic heterocycles. The summed E-state index contributed by atoms with van der Waals surface area (Å²) in [4.78, 5) is 12.0. The van der Waals surface area contributed by atoms with Crippen molar-refractivity contribution in [3.8, 4) is 11.5 Å². The Bertz CT molecular complexity index is 521. The molecule has 0 unspecified atom stereocenters. The zero-order chi connectivity index (χ0) is 14.4. The van der Waals surface area contributed by atoms with Crippen LogP contribution in [0.15, 0.2) is 41.5 Å². The van der Waals surface area contributed by atoms with Crippen molar-refractivity contribution in [1.29, 1.82) is 0 Å². The van der Waals surface area contributed by atoms with Crippen LogP contribution >= 0.6 is 0 Å². The van der Waals surface area contributed by atoms with Crippen LogP contribution in [0.4, 0.5) is 0 Å². The fourth-order valence-corrected chi connectivity index (χ4v) is 1.68. The lowest BCUT2D eigenvalue weighted by molar-refractivity contribution is 0.104. The van der Waals surface area contributed by atoms with E-state index < -0.39 is 0 Å². The molecule has 0 spiro atoms. The van der Waals surface area contributed by atoms with Crippen molar-refractivity contribution in [1.82, 2.24) is 0 Å². The third-order valence-electron chi connectivity index (χ3n) is 2.71. The molecule has 0 aliphatic carbocycles. The van der Waals surface area contributed by atoms with Crippen LogP contribution < -0.4 is 0 Å². The van der Waals surface area contributed by atoms with Gasteiger partial charge in [0.15, 0.2) is 5.78 Å². The maximum atomic E-state index is 12.0. The Hall–Kier alpha value is -2.03. The van der Waals surface area contributed by atoms with Crippen LogP contribution in [0.3, 0.4) is 0 Å². The molecule has 2 N–H and O–H groups in total. The van der Waals surface area contributed by atoms with E-state index in [9.17, 15) is 15.0 Å². The summed E-state index contributed by atoms with van der Waals surface area (Å²) in [6, 6.07) is 3.93. The van der Waals surface area contributed by atoms with Crippen molar-refractivity contribution in [2.45, 2.75) is 33.6 Å². The Morgan fingerprint density at radius 2 is 1.89 bits per heavy atom. The normalized spacial score (nSPS) is 11.2. The molecule has 0 aliphatic heterocycles. The summed E-state index contributed by atoms with van der Waals surface area (Å²) in [7, 11) is 0. The molecule has 3 nitrogen and oxygen atoms in total. The van der Waals surface area contributed by atoms with Crippen LogP contribution in [0.1, 0.15) is 44.0 Å². The number of benzene rings is 1. The lowest BCUT2D eigenvalue weighted by Crippen LogP contribution is -1.96. The van der Waals surface area contributed by atoms with E-state index in [0.717, 1.165) is 18.4 Å². The van der Waals surface area contributed by atoms with E-state index in [-0.39, 0.29) is 22.8 Å². The van der Waals surface area contributed by atoms with Crippen molar-refractivity contribution in [3.05, 3.63) is 47.1 Å². The highest BCUT2D eigenvalue weighted by molar-refractivity contribution is 6.07. The minimum absolute atomic E-state index is 0.0308. The fourth-order valence-electron chi connectivity index (χ4n) is 1.68. The first-order valence-corrected chi connectivity index (χ1v) is 6.27. The van der Waals surface area contributed by atoms with E-state index in [0.29, 0.717) is 0 Å². The Morgan fingerprint density at radius 3 is 2.53 bits per heavy atom. The smallest absolute Gasteiger partial charge is 0.189 e. The predicted molar refractivity (Wildman–Crippen MR) is 76.5 cm³/mol. The molecule has 1 rings (SSSR count). The van der Waals surface area contributed by atoms with Crippen molar-refractivity contribution >= 4 is 5.78 Å². The van der Waals surface area contributed by atoms with Gasteiger partial charge in [-0.2, -0.15) is 0 Å². The van der Waals surface area contributed by atoms with Gasteiger partial charge in [0.05, 0.1) is 5.56 Å². The second kappa shape index (κ2) is 6.78. The maximum absolute atomic E-state index is 12.0. The average Bonchev–Trinajstić information content (AvgIpc) is 2.31. The third kappa shape index (κ3) is 5.00. The molecule has 0 saturated carbocycles. The van der Waals surface area contributed by atoms with E-state index in [1.54, 1.807) is 0 Å². The molecule has 1 aromatic carbocycles. The number of hydrogen-bond donors (Lipinski definition) is 2. The van der Waals surface area contributed by atoms with Gasteiger partial charge in [-0.05, 0) is 57.9 Å². The van der Waals surface area contributed by atoms with Gasteiger partial charge < -0.3 is 10.2 Å². The van der Waals surface area contributed by atoms with Crippen LogP contribution in [-0.2, 0) is 0 Å². The summed E-state index contributed by atoms with van der Waals surface area (Å²) in [6.45, 7) is 5.96. The number of aromatic hydroxyl groups is 2. The highest BCUT2D eigenvalue weighted by Gasteiger charge is 2.09. The van der Waals surface area contributed by atoms with Crippen LogP contribution in [-0.4, -0.2) is 16.0 Å². The van der Waals surface area contributed by atoms with E-state index in [4.69, 9.17) is 0 Å². The molecule has 1 aromatic rings. The molecule has 3 heteroatoms. The molecule has 0 bridgehead atoms.